The number of epoxide rings is 1. The number of fused-ring (bicyclic) bond motifs is 1. The molecule has 0 N–H and O–H groups in total. The normalized spacial score (nSPS) is 38.9. The summed E-state index contributed by atoms with van der Waals surface area (Å²) >= 11 is 0. The first-order valence-corrected chi connectivity index (χ1v) is 6.16. The zero-order chi connectivity index (χ0) is 10.6. The van der Waals surface area contributed by atoms with Gasteiger partial charge in [-0.05, 0) is 24.3 Å². The highest BCUT2D eigenvalue weighted by molar-refractivity contribution is 5.26. The number of hydrogen-bond acceptors (Lipinski definition) is 2. The molecule has 2 nitrogen and oxygen atoms in total. The molecule has 1 aliphatic carbocycles. The van der Waals surface area contributed by atoms with Crippen molar-refractivity contribution in [2.24, 2.45) is 5.41 Å². The van der Waals surface area contributed by atoms with E-state index in [2.05, 4.69) is 30.3 Å². The van der Waals surface area contributed by atoms with Crippen molar-refractivity contribution in [3.05, 3.63) is 35.9 Å². The zero-order valence-corrected chi connectivity index (χ0v) is 9.26. The Kier molecular flexibility index (Phi) is 1.77. The molecule has 1 saturated carbocycles. The fourth-order valence-corrected chi connectivity index (χ4v) is 3.45. The SMILES string of the molecule is c1ccc(C2CC3OC3CC23COC3)cc1. The fourth-order valence-electron chi connectivity index (χ4n) is 3.45. The summed E-state index contributed by atoms with van der Waals surface area (Å²) < 4.78 is 11.2. The Hall–Kier alpha value is -0.860. The topological polar surface area (TPSA) is 21.8 Å². The molecule has 0 amide bonds. The van der Waals surface area contributed by atoms with Crippen LogP contribution in [0.25, 0.3) is 0 Å². The Morgan fingerprint density at radius 2 is 1.88 bits per heavy atom. The van der Waals surface area contributed by atoms with Gasteiger partial charge < -0.3 is 9.47 Å². The molecule has 16 heavy (non-hydrogen) atoms. The lowest BCUT2D eigenvalue weighted by Crippen LogP contribution is -2.50. The highest BCUT2D eigenvalue weighted by Gasteiger charge is 2.58. The summed E-state index contributed by atoms with van der Waals surface area (Å²) in [7, 11) is 0. The van der Waals surface area contributed by atoms with Crippen LogP contribution < -0.4 is 0 Å². The van der Waals surface area contributed by atoms with E-state index in [1.807, 2.05) is 0 Å². The van der Waals surface area contributed by atoms with E-state index in [1.54, 1.807) is 0 Å². The van der Waals surface area contributed by atoms with Gasteiger partial charge in [-0.15, -0.1) is 0 Å². The predicted octanol–water partition coefficient (Wildman–Crippen LogP) is 2.35. The molecule has 3 atom stereocenters. The van der Waals surface area contributed by atoms with Crippen LogP contribution in [0.3, 0.4) is 0 Å². The Balaban J connectivity index is 1.69. The summed E-state index contributed by atoms with van der Waals surface area (Å²) in [5, 5.41) is 0. The highest BCUT2D eigenvalue weighted by atomic mass is 16.6. The molecule has 2 heterocycles. The minimum Gasteiger partial charge on any atom is -0.380 e. The second kappa shape index (κ2) is 3.08. The molecule has 2 saturated heterocycles. The van der Waals surface area contributed by atoms with E-state index in [1.165, 1.54) is 18.4 Å². The minimum atomic E-state index is 0.388. The van der Waals surface area contributed by atoms with Crippen LogP contribution in [-0.4, -0.2) is 25.4 Å². The van der Waals surface area contributed by atoms with Gasteiger partial charge in [-0.2, -0.15) is 0 Å². The molecule has 4 rings (SSSR count). The summed E-state index contributed by atoms with van der Waals surface area (Å²) in [6.45, 7) is 1.86. The van der Waals surface area contributed by atoms with Crippen LogP contribution in [-0.2, 0) is 9.47 Å². The van der Waals surface area contributed by atoms with Crippen LogP contribution in [0, 0.1) is 5.41 Å². The van der Waals surface area contributed by atoms with E-state index < -0.39 is 0 Å². The van der Waals surface area contributed by atoms with Crippen molar-refractivity contribution in [2.75, 3.05) is 13.2 Å². The Labute approximate surface area is 95.6 Å². The lowest BCUT2D eigenvalue weighted by Gasteiger charge is -2.49. The molecular weight excluding hydrogens is 200 g/mol. The second-order valence-electron chi connectivity index (χ2n) is 5.47. The summed E-state index contributed by atoms with van der Waals surface area (Å²) in [6.07, 6.45) is 3.48. The van der Waals surface area contributed by atoms with Crippen LogP contribution in [0.4, 0.5) is 0 Å². The first-order chi connectivity index (χ1) is 7.87. The Bertz CT molecular complexity index is 396. The molecule has 84 valence electrons. The maximum atomic E-state index is 5.71. The maximum absolute atomic E-state index is 5.71. The summed E-state index contributed by atoms with van der Waals surface area (Å²) in [6, 6.07) is 10.9. The second-order valence-corrected chi connectivity index (χ2v) is 5.47. The first-order valence-electron chi connectivity index (χ1n) is 6.16. The number of rotatable bonds is 1. The van der Waals surface area contributed by atoms with Crippen LogP contribution in [0.2, 0.25) is 0 Å². The molecular formula is C14H16O2. The minimum absolute atomic E-state index is 0.388. The van der Waals surface area contributed by atoms with Gasteiger partial charge in [0.15, 0.2) is 0 Å². The van der Waals surface area contributed by atoms with E-state index in [9.17, 15) is 0 Å². The van der Waals surface area contributed by atoms with Crippen LogP contribution in [0.1, 0.15) is 24.3 Å². The lowest BCUT2D eigenvalue weighted by atomic mass is 9.62. The zero-order valence-electron chi connectivity index (χ0n) is 9.26. The predicted molar refractivity (Wildman–Crippen MR) is 60.3 cm³/mol. The largest absolute Gasteiger partial charge is 0.380 e. The first kappa shape index (κ1) is 9.20. The lowest BCUT2D eigenvalue weighted by molar-refractivity contribution is -0.139. The third kappa shape index (κ3) is 1.20. The van der Waals surface area contributed by atoms with Gasteiger partial charge in [0.25, 0.3) is 0 Å². The van der Waals surface area contributed by atoms with Crippen molar-refractivity contribution < 1.29 is 9.47 Å². The van der Waals surface area contributed by atoms with Gasteiger partial charge in [-0.1, -0.05) is 30.3 Å². The quantitative estimate of drug-likeness (QED) is 0.672. The van der Waals surface area contributed by atoms with Crippen LogP contribution in [0.5, 0.6) is 0 Å². The molecule has 1 aromatic carbocycles. The van der Waals surface area contributed by atoms with Gasteiger partial charge in [-0.25, -0.2) is 0 Å². The van der Waals surface area contributed by atoms with Gasteiger partial charge in [0.05, 0.1) is 25.4 Å². The van der Waals surface area contributed by atoms with Crippen molar-refractivity contribution in [1.82, 2.24) is 0 Å². The van der Waals surface area contributed by atoms with Crippen molar-refractivity contribution in [3.63, 3.8) is 0 Å². The van der Waals surface area contributed by atoms with E-state index in [0.29, 0.717) is 23.5 Å². The summed E-state index contributed by atoms with van der Waals surface area (Å²) in [4.78, 5) is 0. The molecule has 2 aliphatic heterocycles. The van der Waals surface area contributed by atoms with Crippen molar-refractivity contribution in [2.45, 2.75) is 31.0 Å². The van der Waals surface area contributed by atoms with Gasteiger partial charge in [0.1, 0.15) is 0 Å². The molecule has 1 aromatic rings. The number of benzene rings is 1. The monoisotopic (exact) mass is 216 g/mol. The standard InChI is InChI=1S/C14H16O2/c1-2-4-10(5-3-1)11-6-12-13(16-12)7-14(11)8-15-9-14/h1-5,11-13H,6-9H2. The molecule has 3 aliphatic rings. The Morgan fingerprint density at radius 1 is 1.06 bits per heavy atom. The molecule has 0 bridgehead atoms. The summed E-state index contributed by atoms with van der Waals surface area (Å²) in [5.74, 6) is 0.645. The van der Waals surface area contributed by atoms with Gasteiger partial charge in [0.2, 0.25) is 0 Å². The Morgan fingerprint density at radius 3 is 2.56 bits per heavy atom. The fraction of sp³-hybridized carbons (Fsp3) is 0.571. The molecule has 0 aromatic heterocycles. The third-order valence-corrected chi connectivity index (χ3v) is 4.48. The third-order valence-electron chi connectivity index (χ3n) is 4.48. The molecule has 2 heteroatoms. The molecule has 0 radical (unpaired) electrons. The van der Waals surface area contributed by atoms with E-state index in [-0.39, 0.29) is 0 Å². The molecule has 3 unspecified atom stereocenters. The van der Waals surface area contributed by atoms with E-state index >= 15 is 0 Å². The van der Waals surface area contributed by atoms with Crippen molar-refractivity contribution in [3.8, 4) is 0 Å². The van der Waals surface area contributed by atoms with Crippen molar-refractivity contribution >= 4 is 0 Å². The molecule has 3 fully saturated rings. The highest BCUT2D eigenvalue weighted by Crippen LogP contribution is 2.57. The molecule has 1 spiro atoms. The van der Waals surface area contributed by atoms with Gasteiger partial charge in [0, 0.05) is 5.41 Å². The smallest absolute Gasteiger partial charge is 0.0849 e. The van der Waals surface area contributed by atoms with E-state index in [4.69, 9.17) is 9.47 Å². The van der Waals surface area contributed by atoms with Gasteiger partial charge in [-0.3, -0.25) is 0 Å². The maximum Gasteiger partial charge on any atom is 0.0849 e. The average Bonchev–Trinajstić information content (AvgIpc) is 3.04. The number of ether oxygens (including phenoxy) is 2. The van der Waals surface area contributed by atoms with Crippen LogP contribution >= 0.6 is 0 Å². The number of hydrogen-bond donors (Lipinski definition) is 0. The van der Waals surface area contributed by atoms with E-state index in [0.717, 1.165) is 13.2 Å². The summed E-state index contributed by atoms with van der Waals surface area (Å²) in [5.41, 5.74) is 1.86. The van der Waals surface area contributed by atoms with Crippen molar-refractivity contribution in [1.29, 1.82) is 0 Å². The van der Waals surface area contributed by atoms with Crippen LogP contribution in [0.15, 0.2) is 30.3 Å². The average molecular weight is 216 g/mol. The van der Waals surface area contributed by atoms with Gasteiger partial charge >= 0.3 is 0 Å².